The van der Waals surface area contributed by atoms with Crippen molar-refractivity contribution in [3.63, 3.8) is 0 Å². The highest BCUT2D eigenvalue weighted by Gasteiger charge is 2.19. The third kappa shape index (κ3) is 2.05. The van der Waals surface area contributed by atoms with Gasteiger partial charge in [-0.15, -0.1) is 0 Å². The maximum absolute atomic E-state index is 12.0. The van der Waals surface area contributed by atoms with E-state index in [1.165, 1.54) is 7.11 Å². The van der Waals surface area contributed by atoms with Gasteiger partial charge in [-0.3, -0.25) is 0 Å². The minimum atomic E-state index is -0.318. The number of benzene rings is 1. The topological polar surface area (TPSA) is 26.3 Å². The lowest BCUT2D eigenvalue weighted by Crippen LogP contribution is -2.25. The van der Waals surface area contributed by atoms with Crippen LogP contribution in [0.15, 0.2) is 71.9 Å². The molecule has 0 saturated carbocycles. The van der Waals surface area contributed by atoms with Gasteiger partial charge in [0.15, 0.2) is 0 Å². The summed E-state index contributed by atoms with van der Waals surface area (Å²) in [6.45, 7) is 0. The molecule has 0 radical (unpaired) electrons. The molecule has 0 unspecified atom stereocenters. The van der Waals surface area contributed by atoms with Gasteiger partial charge in [-0.25, -0.2) is 4.79 Å². The Labute approximate surface area is 117 Å². The molecule has 98 valence electrons. The summed E-state index contributed by atoms with van der Waals surface area (Å²) in [5, 5.41) is 2.22. The number of carbonyl (C=O) groups excluding carboxylic acids is 1. The highest BCUT2D eigenvalue weighted by molar-refractivity contribution is 6.02. The van der Waals surface area contributed by atoms with Crippen LogP contribution in [0.4, 0.5) is 0 Å². The first-order valence-electron chi connectivity index (χ1n) is 6.47. The third-order valence-electron chi connectivity index (χ3n) is 3.41. The molecule has 1 aromatic rings. The van der Waals surface area contributed by atoms with Gasteiger partial charge in [-0.1, -0.05) is 60.7 Å². The Hall–Kier alpha value is -2.61. The minimum absolute atomic E-state index is 0.318. The van der Waals surface area contributed by atoms with E-state index in [4.69, 9.17) is 4.74 Å². The van der Waals surface area contributed by atoms with Crippen LogP contribution in [0.25, 0.3) is 11.6 Å². The molecule has 1 aromatic carbocycles. The van der Waals surface area contributed by atoms with Crippen LogP contribution < -0.4 is 10.4 Å². The Bertz CT molecular complexity index is 802. The molecule has 3 rings (SSSR count). The molecule has 0 spiro atoms. The zero-order chi connectivity index (χ0) is 13.9. The second-order valence-corrected chi connectivity index (χ2v) is 4.56. The van der Waals surface area contributed by atoms with Crippen LogP contribution in [0, 0.1) is 0 Å². The lowest BCUT2D eigenvalue weighted by atomic mass is 9.96. The molecule has 0 fully saturated rings. The van der Waals surface area contributed by atoms with Crippen molar-refractivity contribution in [2.75, 3.05) is 7.11 Å². The van der Waals surface area contributed by atoms with Crippen LogP contribution in [-0.2, 0) is 9.53 Å². The molecule has 2 aliphatic carbocycles. The lowest BCUT2D eigenvalue weighted by Gasteiger charge is -2.09. The lowest BCUT2D eigenvalue weighted by molar-refractivity contribution is -0.135. The van der Waals surface area contributed by atoms with Crippen LogP contribution in [-0.4, -0.2) is 13.1 Å². The highest BCUT2D eigenvalue weighted by atomic mass is 16.5. The molecule has 2 nitrogen and oxygen atoms in total. The zero-order valence-electron chi connectivity index (χ0n) is 11.2. The van der Waals surface area contributed by atoms with Gasteiger partial charge in [0.2, 0.25) is 0 Å². The van der Waals surface area contributed by atoms with Crippen LogP contribution >= 0.6 is 0 Å². The molecule has 0 heterocycles. The van der Waals surface area contributed by atoms with Gasteiger partial charge in [0.25, 0.3) is 0 Å². The zero-order valence-corrected chi connectivity index (χ0v) is 11.2. The summed E-state index contributed by atoms with van der Waals surface area (Å²) in [7, 11) is 1.41. The number of rotatable bonds is 1. The molecule has 0 bridgehead atoms. The van der Waals surface area contributed by atoms with E-state index < -0.39 is 0 Å². The molecule has 0 amide bonds. The number of carbonyl (C=O) groups is 1. The van der Waals surface area contributed by atoms with Crippen molar-refractivity contribution in [3.8, 4) is 0 Å². The Balaban J connectivity index is 2.38. The number of esters is 1. The fourth-order valence-corrected chi connectivity index (χ4v) is 2.46. The minimum Gasteiger partial charge on any atom is -0.465 e. The van der Waals surface area contributed by atoms with Crippen molar-refractivity contribution in [2.24, 2.45) is 0 Å². The Morgan fingerprint density at radius 2 is 1.85 bits per heavy atom. The molecule has 0 saturated heterocycles. The van der Waals surface area contributed by atoms with Gasteiger partial charge in [0.1, 0.15) is 0 Å². The summed E-state index contributed by atoms with van der Waals surface area (Å²) < 4.78 is 4.90. The molecule has 0 N–H and O–H groups in total. The summed E-state index contributed by atoms with van der Waals surface area (Å²) in [6.07, 6.45) is 13.6. The van der Waals surface area contributed by atoms with Gasteiger partial charge >= 0.3 is 5.97 Å². The number of fused-ring (bicyclic) bond motifs is 2. The standard InChI is InChI=1S/C18H14O2/c1-20-18(19)17-12-11-13-7-5-6-8-14(13)15-9-3-2-4-10-16(15)17/h2-12H,1H3. The fraction of sp³-hybridized carbons (Fsp3) is 0.0556. The SMILES string of the molecule is COC(=O)C1=CC=c2ccccc2=C2C=CC=CC=C12. The molecule has 2 aliphatic rings. The predicted octanol–water partition coefficient (Wildman–Crippen LogP) is 1.78. The number of hydrogen-bond acceptors (Lipinski definition) is 2. The van der Waals surface area contributed by atoms with Gasteiger partial charge in [-0.2, -0.15) is 0 Å². The molecule has 0 aromatic heterocycles. The van der Waals surface area contributed by atoms with E-state index in [1.54, 1.807) is 0 Å². The maximum Gasteiger partial charge on any atom is 0.338 e. The van der Waals surface area contributed by atoms with Gasteiger partial charge in [-0.05, 0) is 27.7 Å². The molecular weight excluding hydrogens is 248 g/mol. The van der Waals surface area contributed by atoms with E-state index in [1.807, 2.05) is 60.7 Å². The molecule has 0 aliphatic heterocycles. The molecule has 0 atom stereocenters. The van der Waals surface area contributed by atoms with Crippen molar-refractivity contribution < 1.29 is 9.53 Å². The summed E-state index contributed by atoms with van der Waals surface area (Å²) in [5.41, 5.74) is 2.51. The van der Waals surface area contributed by atoms with Gasteiger partial charge in [0.05, 0.1) is 12.7 Å². The van der Waals surface area contributed by atoms with Crippen LogP contribution in [0.2, 0.25) is 0 Å². The first-order valence-corrected chi connectivity index (χ1v) is 6.47. The summed E-state index contributed by atoms with van der Waals surface area (Å²) in [6, 6.07) is 8.11. The second kappa shape index (κ2) is 5.17. The predicted molar refractivity (Wildman–Crippen MR) is 80.0 cm³/mol. The van der Waals surface area contributed by atoms with Crippen LogP contribution in [0.3, 0.4) is 0 Å². The van der Waals surface area contributed by atoms with Crippen molar-refractivity contribution in [3.05, 3.63) is 82.3 Å². The fourth-order valence-electron chi connectivity index (χ4n) is 2.46. The van der Waals surface area contributed by atoms with E-state index in [9.17, 15) is 4.79 Å². The average Bonchev–Trinajstić information content (AvgIpc) is 2.80. The smallest absolute Gasteiger partial charge is 0.338 e. The van der Waals surface area contributed by atoms with E-state index in [0.29, 0.717) is 5.57 Å². The third-order valence-corrected chi connectivity index (χ3v) is 3.41. The molecular formula is C18H14O2. The number of allylic oxidation sites excluding steroid dienone is 6. The average molecular weight is 262 g/mol. The number of ether oxygens (including phenoxy) is 1. The second-order valence-electron chi connectivity index (χ2n) is 4.56. The van der Waals surface area contributed by atoms with Crippen molar-refractivity contribution in [2.45, 2.75) is 0 Å². The van der Waals surface area contributed by atoms with E-state index in [-0.39, 0.29) is 5.97 Å². The molecule has 2 heteroatoms. The van der Waals surface area contributed by atoms with Crippen LogP contribution in [0.5, 0.6) is 0 Å². The largest absolute Gasteiger partial charge is 0.465 e. The number of hydrogen-bond donors (Lipinski definition) is 0. The summed E-state index contributed by atoms with van der Waals surface area (Å²) in [5.74, 6) is -0.318. The van der Waals surface area contributed by atoms with Crippen molar-refractivity contribution in [1.29, 1.82) is 0 Å². The summed E-state index contributed by atoms with van der Waals surface area (Å²) >= 11 is 0. The molecule has 20 heavy (non-hydrogen) atoms. The Kier molecular flexibility index (Phi) is 3.21. The van der Waals surface area contributed by atoms with Crippen molar-refractivity contribution >= 4 is 17.6 Å². The van der Waals surface area contributed by atoms with Crippen molar-refractivity contribution in [1.82, 2.24) is 0 Å². The van der Waals surface area contributed by atoms with Gasteiger partial charge < -0.3 is 4.74 Å². The normalized spacial score (nSPS) is 15.9. The van der Waals surface area contributed by atoms with E-state index >= 15 is 0 Å². The Morgan fingerprint density at radius 3 is 2.70 bits per heavy atom. The first kappa shape index (κ1) is 12.4. The van der Waals surface area contributed by atoms with E-state index in [0.717, 1.165) is 21.6 Å². The van der Waals surface area contributed by atoms with Gasteiger partial charge in [0, 0.05) is 0 Å². The highest BCUT2D eigenvalue weighted by Crippen LogP contribution is 2.25. The monoisotopic (exact) mass is 262 g/mol. The first-order chi connectivity index (χ1) is 9.81. The summed E-state index contributed by atoms with van der Waals surface area (Å²) in [4.78, 5) is 12.0. The van der Waals surface area contributed by atoms with Crippen LogP contribution in [0.1, 0.15) is 0 Å². The maximum atomic E-state index is 12.0. The number of methoxy groups -OCH3 is 1. The van der Waals surface area contributed by atoms with E-state index in [2.05, 4.69) is 6.07 Å². The Morgan fingerprint density at radius 1 is 1.00 bits per heavy atom. The quantitative estimate of drug-likeness (QED) is 0.721.